The number of halogens is 1. The molecule has 1 amide bonds. The maximum absolute atomic E-state index is 13.8. The molecule has 4 rings (SSSR count). The molecule has 0 atom stereocenters. The molecule has 1 aliphatic carbocycles. The van der Waals surface area contributed by atoms with Gasteiger partial charge < -0.3 is 9.42 Å². The van der Waals surface area contributed by atoms with Crippen molar-refractivity contribution in [3.05, 3.63) is 71.4 Å². The van der Waals surface area contributed by atoms with Crippen LogP contribution in [0.2, 0.25) is 0 Å². The summed E-state index contributed by atoms with van der Waals surface area (Å²) >= 11 is 0. The Hall–Kier alpha value is -3.02. The minimum atomic E-state index is -0.303. The first-order chi connectivity index (χ1) is 15.0. The number of rotatable bonds is 6. The normalized spacial score (nSPS) is 18.7. The molecule has 3 aromatic rings. The Morgan fingerprint density at radius 3 is 2.58 bits per heavy atom. The zero-order valence-electron chi connectivity index (χ0n) is 18.1. The van der Waals surface area contributed by atoms with E-state index in [-0.39, 0.29) is 17.8 Å². The van der Waals surface area contributed by atoms with Gasteiger partial charge in [-0.2, -0.15) is 4.98 Å². The number of hydrogen-bond acceptors (Lipinski definition) is 4. The van der Waals surface area contributed by atoms with E-state index in [0.29, 0.717) is 41.6 Å². The fourth-order valence-corrected chi connectivity index (χ4v) is 4.32. The van der Waals surface area contributed by atoms with Gasteiger partial charge in [-0.1, -0.05) is 47.6 Å². The van der Waals surface area contributed by atoms with Crippen molar-refractivity contribution in [1.29, 1.82) is 0 Å². The maximum atomic E-state index is 13.8. The van der Waals surface area contributed by atoms with Gasteiger partial charge in [-0.3, -0.25) is 4.79 Å². The van der Waals surface area contributed by atoms with E-state index in [2.05, 4.69) is 34.4 Å². The zero-order chi connectivity index (χ0) is 21.8. The molecule has 1 aromatic heterocycles. The van der Waals surface area contributed by atoms with Crippen LogP contribution in [0.5, 0.6) is 0 Å². The van der Waals surface area contributed by atoms with Crippen LogP contribution in [0.3, 0.4) is 0 Å². The number of benzene rings is 2. The Balaban J connectivity index is 1.28. The first kappa shape index (κ1) is 21.2. The second-order valence-electron chi connectivity index (χ2n) is 8.40. The quantitative estimate of drug-likeness (QED) is 0.542. The summed E-state index contributed by atoms with van der Waals surface area (Å²) in [6.45, 7) is 1.71. The van der Waals surface area contributed by atoms with E-state index in [1.54, 1.807) is 19.1 Å². The molecule has 5 nitrogen and oxygen atoms in total. The van der Waals surface area contributed by atoms with Gasteiger partial charge in [-0.25, -0.2) is 4.39 Å². The lowest BCUT2D eigenvalue weighted by Gasteiger charge is -2.35. The van der Waals surface area contributed by atoms with Gasteiger partial charge >= 0.3 is 0 Å². The largest absolute Gasteiger partial charge is 0.343 e. The van der Waals surface area contributed by atoms with Crippen LogP contribution in [0, 0.1) is 12.7 Å². The van der Waals surface area contributed by atoms with Crippen LogP contribution in [0.25, 0.3) is 11.4 Å². The van der Waals surface area contributed by atoms with Crippen molar-refractivity contribution < 1.29 is 13.7 Å². The van der Waals surface area contributed by atoms with Crippen LogP contribution < -0.4 is 0 Å². The van der Waals surface area contributed by atoms with Crippen molar-refractivity contribution in [2.45, 2.75) is 57.4 Å². The predicted octanol–water partition coefficient (Wildman–Crippen LogP) is 5.30. The molecule has 0 unspecified atom stereocenters. The Morgan fingerprint density at radius 1 is 1.13 bits per heavy atom. The van der Waals surface area contributed by atoms with Crippen molar-refractivity contribution in [3.8, 4) is 11.4 Å². The molecule has 162 valence electrons. The van der Waals surface area contributed by atoms with Crippen LogP contribution in [-0.4, -0.2) is 34.0 Å². The average Bonchev–Trinajstić information content (AvgIpc) is 3.28. The SMILES string of the molecule is Cc1ccc(-c2noc(CCC(=O)N(C)C3CCC(c4ccccc4)CC3)n2)cc1F. The lowest BCUT2D eigenvalue weighted by atomic mass is 9.81. The van der Waals surface area contributed by atoms with Gasteiger partial charge in [-0.05, 0) is 55.7 Å². The van der Waals surface area contributed by atoms with E-state index in [4.69, 9.17) is 4.52 Å². The van der Waals surface area contributed by atoms with E-state index in [1.165, 1.54) is 11.6 Å². The topological polar surface area (TPSA) is 59.2 Å². The van der Waals surface area contributed by atoms with Crippen LogP contribution in [-0.2, 0) is 11.2 Å². The highest BCUT2D eigenvalue weighted by Gasteiger charge is 2.27. The molecule has 0 saturated heterocycles. The van der Waals surface area contributed by atoms with Gasteiger partial charge in [-0.15, -0.1) is 0 Å². The van der Waals surface area contributed by atoms with Crippen molar-refractivity contribution >= 4 is 5.91 Å². The lowest BCUT2D eigenvalue weighted by molar-refractivity contribution is -0.132. The summed E-state index contributed by atoms with van der Waals surface area (Å²) in [5.41, 5.74) is 2.53. The lowest BCUT2D eigenvalue weighted by Crippen LogP contribution is -2.39. The highest BCUT2D eigenvalue weighted by atomic mass is 19.1. The van der Waals surface area contributed by atoms with Crippen molar-refractivity contribution in [2.75, 3.05) is 7.05 Å². The zero-order valence-corrected chi connectivity index (χ0v) is 18.1. The summed E-state index contributed by atoms with van der Waals surface area (Å²) in [7, 11) is 1.89. The molecule has 1 aliphatic rings. The number of aromatic nitrogens is 2. The number of carbonyl (C=O) groups is 1. The molecule has 2 aromatic carbocycles. The van der Waals surface area contributed by atoms with Gasteiger partial charge in [0.05, 0.1) is 0 Å². The maximum Gasteiger partial charge on any atom is 0.227 e. The molecule has 0 bridgehead atoms. The average molecular weight is 422 g/mol. The third-order valence-electron chi connectivity index (χ3n) is 6.36. The number of hydrogen-bond donors (Lipinski definition) is 0. The summed E-state index contributed by atoms with van der Waals surface area (Å²) in [6.07, 6.45) is 4.94. The molecule has 0 radical (unpaired) electrons. The third-order valence-corrected chi connectivity index (χ3v) is 6.36. The van der Waals surface area contributed by atoms with Crippen LogP contribution >= 0.6 is 0 Å². The van der Waals surface area contributed by atoms with E-state index in [1.807, 2.05) is 18.0 Å². The molecule has 0 aliphatic heterocycles. The summed E-state index contributed by atoms with van der Waals surface area (Å²) in [5.74, 6) is 1.11. The standard InChI is InChI=1S/C25H28FN3O2/c1-17-8-9-20(16-22(17)26)25-27-23(31-28-25)14-15-24(30)29(2)21-12-10-19(11-13-21)18-6-4-3-5-7-18/h3-9,16,19,21H,10-15H2,1-2H3. The van der Waals surface area contributed by atoms with Crippen LogP contribution in [0.4, 0.5) is 4.39 Å². The molecule has 31 heavy (non-hydrogen) atoms. The smallest absolute Gasteiger partial charge is 0.227 e. The predicted molar refractivity (Wildman–Crippen MR) is 117 cm³/mol. The Labute approximate surface area is 182 Å². The Bertz CT molecular complexity index is 1030. The minimum Gasteiger partial charge on any atom is -0.343 e. The van der Waals surface area contributed by atoms with Gasteiger partial charge in [0.2, 0.25) is 17.6 Å². The summed E-state index contributed by atoms with van der Waals surface area (Å²) < 4.78 is 19.0. The molecule has 1 heterocycles. The number of carbonyl (C=O) groups excluding carboxylic acids is 1. The number of aryl methyl sites for hydroxylation is 2. The van der Waals surface area contributed by atoms with Crippen molar-refractivity contribution in [2.24, 2.45) is 0 Å². The van der Waals surface area contributed by atoms with Gasteiger partial charge in [0.15, 0.2) is 0 Å². The van der Waals surface area contributed by atoms with E-state index < -0.39 is 0 Å². The summed E-state index contributed by atoms with van der Waals surface area (Å²) in [6, 6.07) is 15.8. The van der Waals surface area contributed by atoms with Crippen LogP contribution in [0.1, 0.15) is 55.0 Å². The number of nitrogens with zero attached hydrogens (tertiary/aromatic N) is 3. The van der Waals surface area contributed by atoms with Crippen LogP contribution in [0.15, 0.2) is 53.1 Å². The summed E-state index contributed by atoms with van der Waals surface area (Å²) in [5, 5.41) is 3.93. The second-order valence-corrected chi connectivity index (χ2v) is 8.40. The second kappa shape index (κ2) is 9.41. The fourth-order valence-electron chi connectivity index (χ4n) is 4.32. The fraction of sp³-hybridized carbons (Fsp3) is 0.400. The third kappa shape index (κ3) is 5.01. The molecular weight excluding hydrogens is 393 g/mol. The molecule has 6 heteroatoms. The van der Waals surface area contributed by atoms with Crippen molar-refractivity contribution in [3.63, 3.8) is 0 Å². The van der Waals surface area contributed by atoms with E-state index >= 15 is 0 Å². The first-order valence-electron chi connectivity index (χ1n) is 10.9. The molecule has 0 spiro atoms. The van der Waals surface area contributed by atoms with E-state index in [0.717, 1.165) is 25.7 Å². The highest BCUT2D eigenvalue weighted by molar-refractivity contribution is 5.76. The van der Waals surface area contributed by atoms with E-state index in [9.17, 15) is 9.18 Å². The molecule has 1 saturated carbocycles. The molecule has 1 fully saturated rings. The molecule has 0 N–H and O–H groups in total. The van der Waals surface area contributed by atoms with Crippen molar-refractivity contribution in [1.82, 2.24) is 15.0 Å². The van der Waals surface area contributed by atoms with Gasteiger partial charge in [0.1, 0.15) is 5.82 Å². The van der Waals surface area contributed by atoms with Gasteiger partial charge in [0.25, 0.3) is 0 Å². The monoisotopic (exact) mass is 421 g/mol. The summed E-state index contributed by atoms with van der Waals surface area (Å²) in [4.78, 5) is 18.9. The first-order valence-corrected chi connectivity index (χ1v) is 10.9. The highest BCUT2D eigenvalue weighted by Crippen LogP contribution is 2.34. The minimum absolute atomic E-state index is 0.0873. The Kier molecular flexibility index (Phi) is 6.44. The van der Waals surface area contributed by atoms with Gasteiger partial charge in [0, 0.05) is 31.5 Å². The number of amides is 1. The molecular formula is C25H28FN3O2. The Morgan fingerprint density at radius 2 is 1.87 bits per heavy atom.